The van der Waals surface area contributed by atoms with Gasteiger partial charge in [0.15, 0.2) is 0 Å². The summed E-state index contributed by atoms with van der Waals surface area (Å²) in [7, 11) is 3.93. The molecule has 0 aromatic heterocycles. The van der Waals surface area contributed by atoms with Gasteiger partial charge in [-0.15, -0.1) is 0 Å². The average Bonchev–Trinajstić information content (AvgIpc) is 2.63. The molecule has 2 N–H and O–H groups in total. The van der Waals surface area contributed by atoms with E-state index in [1.54, 1.807) is 0 Å². The van der Waals surface area contributed by atoms with Gasteiger partial charge in [-0.05, 0) is 43.1 Å². The first kappa shape index (κ1) is 25.2. The lowest BCUT2D eigenvalue weighted by Crippen LogP contribution is -2.47. The van der Waals surface area contributed by atoms with Crippen molar-refractivity contribution in [3.8, 4) is 0 Å². The molecule has 1 radical (unpaired) electrons. The number of benzene rings is 1. The minimum absolute atomic E-state index is 0.0932. The van der Waals surface area contributed by atoms with Gasteiger partial charge >= 0.3 is 0 Å². The van der Waals surface area contributed by atoms with E-state index in [0.717, 1.165) is 12.2 Å². The molecule has 0 amide bonds. The lowest BCUT2D eigenvalue weighted by Gasteiger charge is -2.38. The minimum Gasteiger partial charge on any atom is -0.325 e. The predicted molar refractivity (Wildman–Crippen MR) is 121 cm³/mol. The van der Waals surface area contributed by atoms with Crippen molar-refractivity contribution >= 4 is 7.85 Å². The molecule has 2 heteroatoms. The molecular formula is C24H45BN. The predicted octanol–water partition coefficient (Wildman–Crippen LogP) is 7.00. The van der Waals surface area contributed by atoms with Crippen LogP contribution in [0, 0.1) is 5.92 Å². The van der Waals surface area contributed by atoms with E-state index in [1.807, 2.05) is 6.07 Å². The van der Waals surface area contributed by atoms with Gasteiger partial charge in [0, 0.05) is 5.54 Å². The molecule has 1 atom stereocenters. The first-order valence-electron chi connectivity index (χ1n) is 11.1. The van der Waals surface area contributed by atoms with Gasteiger partial charge in [0.1, 0.15) is 0 Å². The molecule has 26 heavy (non-hydrogen) atoms. The Hall–Kier alpha value is -0.755. The third-order valence-corrected chi connectivity index (χ3v) is 5.41. The normalized spacial score (nSPS) is 13.4. The summed E-state index contributed by atoms with van der Waals surface area (Å²) in [6.45, 7) is 11.2. The zero-order chi connectivity index (χ0) is 19.8. The zero-order valence-electron chi connectivity index (χ0n) is 18.4. The number of hydrogen-bond donors (Lipinski definition) is 1. The molecule has 0 aliphatic rings. The molecule has 1 rings (SSSR count). The number of rotatable bonds is 12. The maximum Gasteiger partial charge on any atom is 0.0865 e. The van der Waals surface area contributed by atoms with Gasteiger partial charge in [0.05, 0.1) is 7.85 Å². The van der Waals surface area contributed by atoms with Gasteiger partial charge in [-0.25, -0.2) is 0 Å². The highest BCUT2D eigenvalue weighted by atomic mass is 14.8. The molecule has 0 spiro atoms. The lowest BCUT2D eigenvalue weighted by atomic mass is 9.73. The number of hydrogen-bond acceptors (Lipinski definition) is 1. The van der Waals surface area contributed by atoms with Gasteiger partial charge in [0.25, 0.3) is 0 Å². The molecule has 1 aromatic rings. The van der Waals surface area contributed by atoms with E-state index in [-0.39, 0.29) is 5.54 Å². The summed E-state index contributed by atoms with van der Waals surface area (Å²) in [4.78, 5) is 0. The summed E-state index contributed by atoms with van der Waals surface area (Å²) < 4.78 is 0. The van der Waals surface area contributed by atoms with Crippen LogP contribution in [0.4, 0.5) is 0 Å². The van der Waals surface area contributed by atoms with E-state index in [4.69, 9.17) is 5.73 Å². The van der Waals surface area contributed by atoms with Crippen LogP contribution in [0.3, 0.4) is 0 Å². The Labute approximate surface area is 165 Å². The Morgan fingerprint density at radius 1 is 0.885 bits per heavy atom. The van der Waals surface area contributed by atoms with Gasteiger partial charge in [-0.2, -0.15) is 0 Å². The second kappa shape index (κ2) is 15.3. The van der Waals surface area contributed by atoms with Gasteiger partial charge in [-0.3, -0.25) is 0 Å². The van der Waals surface area contributed by atoms with Crippen LogP contribution in [-0.2, 0) is 0 Å². The summed E-state index contributed by atoms with van der Waals surface area (Å²) >= 11 is 0. The topological polar surface area (TPSA) is 26.0 Å². The molecule has 0 aliphatic heterocycles. The van der Waals surface area contributed by atoms with Crippen LogP contribution in [0.5, 0.6) is 0 Å². The van der Waals surface area contributed by atoms with E-state index in [1.165, 1.54) is 63.4 Å². The fraction of sp³-hybridized carbons (Fsp3) is 0.750. The van der Waals surface area contributed by atoms with Crippen molar-refractivity contribution in [2.24, 2.45) is 11.7 Å². The van der Waals surface area contributed by atoms with Crippen LogP contribution < -0.4 is 5.73 Å². The molecule has 0 aliphatic carbocycles. The summed E-state index contributed by atoms with van der Waals surface area (Å²) in [6.07, 6.45) is 12.3. The number of nitrogens with two attached hydrogens (primary N) is 1. The second-order valence-electron chi connectivity index (χ2n) is 8.13. The average molecular weight is 358 g/mol. The molecule has 149 valence electrons. The third kappa shape index (κ3) is 10.4. The molecule has 0 saturated heterocycles. The molecule has 0 bridgehead atoms. The molecular weight excluding hydrogens is 313 g/mol. The lowest BCUT2D eigenvalue weighted by molar-refractivity contribution is 0.201. The first-order valence-corrected chi connectivity index (χ1v) is 11.1. The Morgan fingerprint density at radius 3 is 1.85 bits per heavy atom. The van der Waals surface area contributed by atoms with Crippen LogP contribution in [0.2, 0.25) is 6.32 Å². The standard InChI is InChI=1S/C15H33BN.C9H12/c1-4-9-14(10-5-2)15(17,11-6-3)12-7-8-13-16;1-8(2)9-6-4-3-5-7-9/h14,16H,4-13,17H2,1-3H3;3-8H,1-2H3. The van der Waals surface area contributed by atoms with Crippen molar-refractivity contribution in [2.45, 2.75) is 110 Å². The number of unbranched alkanes of at least 4 members (excludes halogenated alkanes) is 1. The highest BCUT2D eigenvalue weighted by Crippen LogP contribution is 2.33. The van der Waals surface area contributed by atoms with Gasteiger partial charge in [-0.1, -0.05) is 103 Å². The summed E-state index contributed by atoms with van der Waals surface area (Å²) in [5.41, 5.74) is 8.25. The Morgan fingerprint density at radius 2 is 1.46 bits per heavy atom. The largest absolute Gasteiger partial charge is 0.325 e. The highest BCUT2D eigenvalue weighted by Gasteiger charge is 2.31. The van der Waals surface area contributed by atoms with Crippen molar-refractivity contribution in [3.05, 3.63) is 35.9 Å². The third-order valence-electron chi connectivity index (χ3n) is 5.41. The van der Waals surface area contributed by atoms with Crippen molar-refractivity contribution in [3.63, 3.8) is 0 Å². The van der Waals surface area contributed by atoms with Crippen LogP contribution in [-0.4, -0.2) is 13.4 Å². The molecule has 1 nitrogen and oxygen atoms in total. The monoisotopic (exact) mass is 358 g/mol. The van der Waals surface area contributed by atoms with E-state index >= 15 is 0 Å². The summed E-state index contributed by atoms with van der Waals surface area (Å²) in [5.74, 6) is 1.38. The smallest absolute Gasteiger partial charge is 0.0865 e. The quantitative estimate of drug-likeness (QED) is 0.316. The molecule has 1 aromatic carbocycles. The molecule has 0 fully saturated rings. The van der Waals surface area contributed by atoms with Gasteiger partial charge < -0.3 is 5.73 Å². The highest BCUT2D eigenvalue weighted by molar-refractivity contribution is 6.08. The molecule has 0 heterocycles. The fourth-order valence-corrected chi connectivity index (χ4v) is 3.88. The second-order valence-corrected chi connectivity index (χ2v) is 8.13. The summed E-state index contributed by atoms with van der Waals surface area (Å²) in [5, 5.41) is 0. The van der Waals surface area contributed by atoms with Crippen molar-refractivity contribution < 1.29 is 0 Å². The van der Waals surface area contributed by atoms with Crippen LogP contribution in [0.25, 0.3) is 0 Å². The van der Waals surface area contributed by atoms with E-state index in [2.05, 4.69) is 66.7 Å². The molecule has 0 saturated carbocycles. The van der Waals surface area contributed by atoms with Crippen LogP contribution >= 0.6 is 0 Å². The van der Waals surface area contributed by atoms with Crippen molar-refractivity contribution in [1.82, 2.24) is 0 Å². The van der Waals surface area contributed by atoms with Crippen LogP contribution in [0.1, 0.15) is 104 Å². The Balaban J connectivity index is 0.000000577. The zero-order valence-corrected chi connectivity index (χ0v) is 18.4. The Bertz CT molecular complexity index is 411. The maximum atomic E-state index is 6.75. The Kier molecular flexibility index (Phi) is 14.9. The van der Waals surface area contributed by atoms with E-state index in [9.17, 15) is 0 Å². The van der Waals surface area contributed by atoms with E-state index < -0.39 is 0 Å². The maximum absolute atomic E-state index is 6.75. The minimum atomic E-state index is 0.0932. The van der Waals surface area contributed by atoms with Crippen molar-refractivity contribution in [1.29, 1.82) is 0 Å². The van der Waals surface area contributed by atoms with Crippen molar-refractivity contribution in [2.75, 3.05) is 0 Å². The molecule has 1 unspecified atom stereocenters. The first-order chi connectivity index (χ1) is 12.4. The SMILES string of the molecule is CC(C)c1ccccc1.[BH]CCCCC(N)(CCC)C(CCC)CCC. The van der Waals surface area contributed by atoms with Crippen LogP contribution in [0.15, 0.2) is 30.3 Å². The summed E-state index contributed by atoms with van der Waals surface area (Å²) in [6, 6.07) is 10.5. The fourth-order valence-electron chi connectivity index (χ4n) is 3.88. The van der Waals surface area contributed by atoms with Gasteiger partial charge in [0.2, 0.25) is 0 Å². The van der Waals surface area contributed by atoms with E-state index in [0.29, 0.717) is 5.92 Å².